The van der Waals surface area contributed by atoms with E-state index in [1.165, 1.54) is 6.42 Å². The zero-order valence-corrected chi connectivity index (χ0v) is 13.7. The smallest absolute Gasteiger partial charge is 0.255 e. The van der Waals surface area contributed by atoms with Crippen LogP contribution in [0.3, 0.4) is 0 Å². The molecule has 120 valence electrons. The number of likely N-dealkylation sites (tertiary alicyclic amines) is 1. The Morgan fingerprint density at radius 3 is 2.64 bits per heavy atom. The molecule has 1 N–H and O–H groups in total. The fourth-order valence-corrected chi connectivity index (χ4v) is 3.61. The van der Waals surface area contributed by atoms with E-state index in [2.05, 4.69) is 10.2 Å². The van der Waals surface area contributed by atoms with Gasteiger partial charge >= 0.3 is 0 Å². The van der Waals surface area contributed by atoms with Crippen molar-refractivity contribution in [2.75, 3.05) is 44.2 Å². The van der Waals surface area contributed by atoms with E-state index < -0.39 is 0 Å². The molecule has 5 heteroatoms. The molecule has 22 heavy (non-hydrogen) atoms. The first-order chi connectivity index (χ1) is 10.8. The van der Waals surface area contributed by atoms with Gasteiger partial charge in [-0.05, 0) is 44.4 Å². The topological polar surface area (TPSA) is 35.6 Å². The Balaban J connectivity index is 1.82. The summed E-state index contributed by atoms with van der Waals surface area (Å²) in [6.07, 6.45) is 4.51. The molecule has 0 aromatic heterocycles. The molecule has 2 aliphatic heterocycles. The summed E-state index contributed by atoms with van der Waals surface area (Å²) in [6.45, 7) is 5.62. The maximum absolute atomic E-state index is 12.7. The van der Waals surface area contributed by atoms with Gasteiger partial charge in [0, 0.05) is 32.7 Å². The standard InChI is InChI=1S/C17H24ClN3O/c18-16-14(17(22)21-10-2-1-3-11-21)6-4-7-15(16)20-12-5-8-19-9-13-20/h4,6-7,19H,1-3,5,8-13H2. The quantitative estimate of drug-likeness (QED) is 0.910. The van der Waals surface area contributed by atoms with Crippen molar-refractivity contribution >= 4 is 23.2 Å². The average molecular weight is 322 g/mol. The molecule has 0 radical (unpaired) electrons. The van der Waals surface area contributed by atoms with Crippen LogP contribution in [0.4, 0.5) is 5.69 Å². The predicted molar refractivity (Wildman–Crippen MR) is 90.9 cm³/mol. The number of nitrogens with one attached hydrogen (secondary N) is 1. The number of benzene rings is 1. The normalized spacial score (nSPS) is 19.9. The van der Waals surface area contributed by atoms with Crippen molar-refractivity contribution in [3.05, 3.63) is 28.8 Å². The van der Waals surface area contributed by atoms with Gasteiger partial charge in [-0.1, -0.05) is 17.7 Å². The third kappa shape index (κ3) is 3.39. The third-order valence-electron chi connectivity index (χ3n) is 4.53. The SMILES string of the molecule is O=C(c1cccc(N2CCCNCC2)c1Cl)N1CCCCC1. The largest absolute Gasteiger partial charge is 0.369 e. The first-order valence-electron chi connectivity index (χ1n) is 8.31. The van der Waals surface area contributed by atoms with Gasteiger partial charge in [0.05, 0.1) is 16.3 Å². The number of piperidine rings is 1. The highest BCUT2D eigenvalue weighted by Gasteiger charge is 2.23. The number of carbonyl (C=O) groups excluding carboxylic acids is 1. The number of hydrogen-bond acceptors (Lipinski definition) is 3. The second kappa shape index (κ2) is 7.34. The summed E-state index contributed by atoms with van der Waals surface area (Å²) >= 11 is 6.60. The summed E-state index contributed by atoms with van der Waals surface area (Å²) in [7, 11) is 0. The molecular formula is C17H24ClN3O. The van der Waals surface area contributed by atoms with Gasteiger partial charge in [-0.15, -0.1) is 0 Å². The van der Waals surface area contributed by atoms with Crippen LogP contribution in [-0.4, -0.2) is 50.1 Å². The molecule has 0 aliphatic carbocycles. The molecule has 2 fully saturated rings. The van der Waals surface area contributed by atoms with Crippen LogP contribution < -0.4 is 10.2 Å². The number of anilines is 1. The Bertz CT molecular complexity index is 521. The number of rotatable bonds is 2. The van der Waals surface area contributed by atoms with E-state index >= 15 is 0 Å². The van der Waals surface area contributed by atoms with Crippen LogP contribution in [-0.2, 0) is 0 Å². The van der Waals surface area contributed by atoms with Crippen molar-refractivity contribution in [2.24, 2.45) is 0 Å². The molecule has 0 unspecified atom stereocenters. The Hall–Kier alpha value is -1.26. The van der Waals surface area contributed by atoms with Crippen LogP contribution in [0, 0.1) is 0 Å². The zero-order valence-electron chi connectivity index (χ0n) is 13.0. The van der Waals surface area contributed by atoms with Gasteiger partial charge in [-0.3, -0.25) is 4.79 Å². The lowest BCUT2D eigenvalue weighted by molar-refractivity contribution is 0.0724. The molecule has 2 heterocycles. The molecule has 4 nitrogen and oxygen atoms in total. The molecule has 1 aromatic carbocycles. The van der Waals surface area contributed by atoms with E-state index in [-0.39, 0.29) is 5.91 Å². The van der Waals surface area contributed by atoms with Gasteiger partial charge in [-0.25, -0.2) is 0 Å². The Morgan fingerprint density at radius 2 is 1.82 bits per heavy atom. The van der Waals surface area contributed by atoms with E-state index in [4.69, 9.17) is 11.6 Å². The van der Waals surface area contributed by atoms with Gasteiger partial charge in [0.15, 0.2) is 0 Å². The zero-order chi connectivity index (χ0) is 15.4. The molecular weight excluding hydrogens is 298 g/mol. The second-order valence-corrected chi connectivity index (χ2v) is 6.46. The molecule has 0 bridgehead atoms. The van der Waals surface area contributed by atoms with E-state index in [0.29, 0.717) is 10.6 Å². The molecule has 0 spiro atoms. The number of hydrogen-bond donors (Lipinski definition) is 1. The number of halogens is 1. The highest BCUT2D eigenvalue weighted by atomic mass is 35.5. The van der Waals surface area contributed by atoms with Crippen molar-refractivity contribution in [3.63, 3.8) is 0 Å². The van der Waals surface area contributed by atoms with Crippen LogP contribution in [0.2, 0.25) is 5.02 Å². The fourth-order valence-electron chi connectivity index (χ4n) is 3.28. The number of amides is 1. The summed E-state index contributed by atoms with van der Waals surface area (Å²) in [6, 6.07) is 5.84. The number of nitrogens with zero attached hydrogens (tertiary/aromatic N) is 2. The Morgan fingerprint density at radius 1 is 1.00 bits per heavy atom. The molecule has 1 aromatic rings. The van der Waals surface area contributed by atoms with Gasteiger partial charge in [0.2, 0.25) is 0 Å². The summed E-state index contributed by atoms with van der Waals surface area (Å²) in [5, 5.41) is 4.01. The minimum atomic E-state index is 0.0829. The van der Waals surface area contributed by atoms with Gasteiger partial charge in [0.25, 0.3) is 5.91 Å². The lowest BCUT2D eigenvalue weighted by Crippen LogP contribution is -2.36. The molecule has 3 rings (SSSR count). The van der Waals surface area contributed by atoms with Crippen molar-refractivity contribution in [2.45, 2.75) is 25.7 Å². The van der Waals surface area contributed by atoms with E-state index in [1.807, 2.05) is 23.1 Å². The molecule has 2 aliphatic rings. The van der Waals surface area contributed by atoms with Gasteiger partial charge in [0.1, 0.15) is 0 Å². The van der Waals surface area contributed by atoms with Crippen molar-refractivity contribution < 1.29 is 4.79 Å². The minimum Gasteiger partial charge on any atom is -0.369 e. The highest BCUT2D eigenvalue weighted by molar-refractivity contribution is 6.36. The van der Waals surface area contributed by atoms with Gasteiger partial charge in [-0.2, -0.15) is 0 Å². The Kier molecular flexibility index (Phi) is 5.21. The van der Waals surface area contributed by atoms with Crippen LogP contribution in [0.1, 0.15) is 36.0 Å². The monoisotopic (exact) mass is 321 g/mol. The first kappa shape index (κ1) is 15.6. The lowest BCUT2D eigenvalue weighted by Gasteiger charge is -2.28. The summed E-state index contributed by atoms with van der Waals surface area (Å²) in [5.74, 6) is 0.0829. The van der Waals surface area contributed by atoms with Gasteiger partial charge < -0.3 is 15.1 Å². The van der Waals surface area contributed by atoms with E-state index in [0.717, 1.165) is 64.2 Å². The molecule has 2 saturated heterocycles. The van der Waals surface area contributed by atoms with Crippen LogP contribution in [0.5, 0.6) is 0 Å². The van der Waals surface area contributed by atoms with Crippen molar-refractivity contribution in [1.29, 1.82) is 0 Å². The predicted octanol–water partition coefficient (Wildman–Crippen LogP) is 2.77. The van der Waals surface area contributed by atoms with Crippen molar-refractivity contribution in [3.8, 4) is 0 Å². The van der Waals surface area contributed by atoms with Crippen LogP contribution in [0.25, 0.3) is 0 Å². The third-order valence-corrected chi connectivity index (χ3v) is 4.93. The Labute approximate surface area is 137 Å². The van der Waals surface area contributed by atoms with E-state index in [1.54, 1.807) is 0 Å². The first-order valence-corrected chi connectivity index (χ1v) is 8.68. The average Bonchev–Trinajstić information content (AvgIpc) is 2.84. The number of carbonyl (C=O) groups is 1. The lowest BCUT2D eigenvalue weighted by atomic mass is 10.1. The second-order valence-electron chi connectivity index (χ2n) is 6.08. The van der Waals surface area contributed by atoms with Crippen LogP contribution in [0.15, 0.2) is 18.2 Å². The molecule has 0 saturated carbocycles. The van der Waals surface area contributed by atoms with Crippen LogP contribution >= 0.6 is 11.6 Å². The van der Waals surface area contributed by atoms with Crippen molar-refractivity contribution in [1.82, 2.24) is 10.2 Å². The molecule has 0 atom stereocenters. The summed E-state index contributed by atoms with van der Waals surface area (Å²) in [4.78, 5) is 17.0. The highest BCUT2D eigenvalue weighted by Crippen LogP contribution is 2.31. The maximum atomic E-state index is 12.7. The summed E-state index contributed by atoms with van der Waals surface area (Å²) in [5.41, 5.74) is 1.64. The minimum absolute atomic E-state index is 0.0829. The summed E-state index contributed by atoms with van der Waals surface area (Å²) < 4.78 is 0. The molecule has 1 amide bonds. The van der Waals surface area contributed by atoms with E-state index in [9.17, 15) is 4.79 Å². The fraction of sp³-hybridized carbons (Fsp3) is 0.588. The maximum Gasteiger partial charge on any atom is 0.255 e.